The third kappa shape index (κ3) is 2.99. The first-order chi connectivity index (χ1) is 11.2. The highest BCUT2D eigenvalue weighted by Crippen LogP contribution is 2.52. The topological polar surface area (TPSA) is 17.8 Å². The maximum atomic E-state index is 6.63. The molecule has 1 aromatic carbocycles. The Labute approximate surface area is 156 Å². The molecule has 2 atom stereocenters. The van der Waals surface area contributed by atoms with Gasteiger partial charge in [-0.1, -0.05) is 24.6 Å². The Hall–Kier alpha value is -0.990. The highest BCUT2D eigenvalue weighted by Gasteiger charge is 2.42. The van der Waals surface area contributed by atoms with Gasteiger partial charge in [0.15, 0.2) is 0 Å². The van der Waals surface area contributed by atoms with Crippen molar-refractivity contribution in [3.05, 3.63) is 52.6 Å². The lowest BCUT2D eigenvalue weighted by Gasteiger charge is -2.46. The third-order valence-electron chi connectivity index (χ3n) is 6.18. The quantitative estimate of drug-likeness (QED) is 0.690. The van der Waals surface area contributed by atoms with E-state index in [4.69, 9.17) is 11.6 Å². The minimum absolute atomic E-state index is 0. The van der Waals surface area contributed by atoms with Crippen molar-refractivity contribution in [2.75, 3.05) is 0 Å². The smallest absolute Gasteiger partial charge is 0.0945 e. The number of halogens is 2. The number of aromatic nitrogens is 2. The van der Waals surface area contributed by atoms with E-state index in [1.807, 2.05) is 12.5 Å². The molecule has 0 unspecified atom stereocenters. The van der Waals surface area contributed by atoms with Crippen LogP contribution in [0.5, 0.6) is 0 Å². The molecule has 0 fully saturated rings. The number of aryl methyl sites for hydroxylation is 2. The predicted octanol–water partition coefficient (Wildman–Crippen LogP) is 5.60. The van der Waals surface area contributed by atoms with Crippen LogP contribution in [-0.2, 0) is 24.8 Å². The summed E-state index contributed by atoms with van der Waals surface area (Å²) >= 11 is 6.63. The Morgan fingerprint density at radius 3 is 3.00 bits per heavy atom. The second kappa shape index (κ2) is 7.09. The summed E-state index contributed by atoms with van der Waals surface area (Å²) in [5, 5.41) is 0.996. The van der Waals surface area contributed by atoms with E-state index in [0.29, 0.717) is 5.41 Å². The fraction of sp³-hybridized carbons (Fsp3) is 0.550. The number of nitrogens with zero attached hydrogens (tertiary/aromatic N) is 2. The van der Waals surface area contributed by atoms with E-state index in [0.717, 1.165) is 23.9 Å². The van der Waals surface area contributed by atoms with Crippen LogP contribution in [0.4, 0.5) is 0 Å². The van der Waals surface area contributed by atoms with Crippen LogP contribution in [-0.4, -0.2) is 9.55 Å². The molecule has 4 rings (SSSR count). The summed E-state index contributed by atoms with van der Waals surface area (Å²) in [4.78, 5) is 4.16. The van der Waals surface area contributed by atoms with Gasteiger partial charge < -0.3 is 4.57 Å². The number of benzene rings is 1. The molecule has 0 aliphatic heterocycles. The van der Waals surface area contributed by atoms with Crippen LogP contribution in [0.2, 0.25) is 5.02 Å². The second-order valence-corrected chi connectivity index (χ2v) is 7.82. The molecule has 4 heteroatoms. The number of hydrogen-bond acceptors (Lipinski definition) is 1. The Morgan fingerprint density at radius 2 is 2.25 bits per heavy atom. The molecule has 0 saturated heterocycles. The molecule has 0 N–H and O–H groups in total. The summed E-state index contributed by atoms with van der Waals surface area (Å²) in [6, 6.07) is 4.43. The van der Waals surface area contributed by atoms with Gasteiger partial charge in [-0.3, -0.25) is 0 Å². The Kier molecular flexibility index (Phi) is 5.27. The van der Waals surface area contributed by atoms with Crippen molar-refractivity contribution in [1.82, 2.24) is 9.55 Å². The molecule has 0 saturated carbocycles. The molecule has 2 nitrogen and oxygen atoms in total. The van der Waals surface area contributed by atoms with E-state index in [9.17, 15) is 0 Å². The Balaban J connectivity index is 0.00000169. The van der Waals surface area contributed by atoms with Crippen molar-refractivity contribution in [2.24, 2.45) is 5.92 Å². The molecule has 24 heavy (non-hydrogen) atoms. The number of rotatable bonds is 4. The summed E-state index contributed by atoms with van der Waals surface area (Å²) in [5.74, 6) is 0.732. The van der Waals surface area contributed by atoms with Gasteiger partial charge in [0.25, 0.3) is 0 Å². The maximum absolute atomic E-state index is 6.63. The molecule has 1 aromatic heterocycles. The summed E-state index contributed by atoms with van der Waals surface area (Å²) < 4.78 is 2.20. The summed E-state index contributed by atoms with van der Waals surface area (Å²) in [7, 11) is 0. The average Bonchev–Trinajstić information content (AvgIpc) is 3.09. The van der Waals surface area contributed by atoms with E-state index in [2.05, 4.69) is 34.8 Å². The Bertz CT molecular complexity index is 696. The summed E-state index contributed by atoms with van der Waals surface area (Å²) in [6.45, 7) is 3.44. The number of hydrogen-bond donors (Lipinski definition) is 0. The van der Waals surface area contributed by atoms with Crippen molar-refractivity contribution in [3.8, 4) is 0 Å². The highest BCUT2D eigenvalue weighted by atomic mass is 35.5. The number of imidazole rings is 1. The van der Waals surface area contributed by atoms with Crippen LogP contribution < -0.4 is 0 Å². The van der Waals surface area contributed by atoms with Crippen LogP contribution in [0.25, 0.3) is 0 Å². The van der Waals surface area contributed by atoms with Gasteiger partial charge in [-0.05, 0) is 79.0 Å². The first kappa shape index (κ1) is 17.8. The van der Waals surface area contributed by atoms with Gasteiger partial charge in [0, 0.05) is 24.0 Å². The first-order valence-corrected chi connectivity index (χ1v) is 9.36. The fourth-order valence-corrected chi connectivity index (χ4v) is 5.29. The normalized spacial score (nSPS) is 25.0. The average molecular weight is 365 g/mol. The molecule has 2 aliphatic carbocycles. The molecular weight excluding hydrogens is 339 g/mol. The van der Waals surface area contributed by atoms with E-state index >= 15 is 0 Å². The lowest BCUT2D eigenvalue weighted by molar-refractivity contribution is 0.229. The summed E-state index contributed by atoms with van der Waals surface area (Å²) in [6.07, 6.45) is 14.7. The second-order valence-electron chi connectivity index (χ2n) is 7.41. The van der Waals surface area contributed by atoms with Gasteiger partial charge in [-0.25, -0.2) is 4.98 Å². The molecule has 0 spiro atoms. The zero-order valence-corrected chi connectivity index (χ0v) is 15.9. The van der Waals surface area contributed by atoms with Crippen LogP contribution in [0.1, 0.15) is 55.7 Å². The SMILES string of the molecule is CC[C@]12CCCc3ccc(Cl)c(c31)C[C@@H](CCn1ccnc1)C2.Cl. The monoisotopic (exact) mass is 364 g/mol. The molecule has 0 amide bonds. The third-order valence-corrected chi connectivity index (χ3v) is 6.53. The van der Waals surface area contributed by atoms with Gasteiger partial charge in [0.2, 0.25) is 0 Å². The van der Waals surface area contributed by atoms with Crippen molar-refractivity contribution in [1.29, 1.82) is 0 Å². The van der Waals surface area contributed by atoms with Crippen molar-refractivity contribution < 1.29 is 0 Å². The van der Waals surface area contributed by atoms with Crippen LogP contribution in [0.3, 0.4) is 0 Å². The van der Waals surface area contributed by atoms with Gasteiger partial charge in [-0.15, -0.1) is 12.4 Å². The van der Waals surface area contributed by atoms with Gasteiger partial charge in [0.1, 0.15) is 0 Å². The standard InChI is InChI=1S/C20H25ClN2.ClH/c1-2-20-8-3-4-16-5-6-18(21)17(19(16)20)12-15(13-20)7-10-23-11-9-22-14-23;/h5-6,9,11,14-15H,2-4,7-8,10,12-13H2,1H3;1H/t15-,20-;/m1./s1. The van der Waals surface area contributed by atoms with Crippen LogP contribution in [0.15, 0.2) is 30.9 Å². The molecule has 130 valence electrons. The highest BCUT2D eigenvalue weighted by molar-refractivity contribution is 6.31. The molecular formula is C20H26Cl2N2. The van der Waals surface area contributed by atoms with E-state index < -0.39 is 0 Å². The van der Waals surface area contributed by atoms with Crippen molar-refractivity contribution >= 4 is 24.0 Å². The molecule has 0 bridgehead atoms. The maximum Gasteiger partial charge on any atom is 0.0945 e. The van der Waals surface area contributed by atoms with E-state index in [-0.39, 0.29) is 12.4 Å². The Morgan fingerprint density at radius 1 is 1.38 bits per heavy atom. The molecule has 1 heterocycles. The van der Waals surface area contributed by atoms with Crippen molar-refractivity contribution in [3.63, 3.8) is 0 Å². The molecule has 2 aromatic rings. The summed E-state index contributed by atoms with van der Waals surface area (Å²) in [5.41, 5.74) is 5.06. The molecule has 0 radical (unpaired) electrons. The van der Waals surface area contributed by atoms with Crippen molar-refractivity contribution in [2.45, 2.75) is 63.8 Å². The van der Waals surface area contributed by atoms with Crippen LogP contribution >= 0.6 is 24.0 Å². The van der Waals surface area contributed by atoms with E-state index in [1.54, 1.807) is 11.1 Å². The lowest BCUT2D eigenvalue weighted by atomic mass is 9.58. The minimum atomic E-state index is 0. The van der Waals surface area contributed by atoms with Crippen LogP contribution in [0, 0.1) is 5.92 Å². The van der Waals surface area contributed by atoms with E-state index in [1.165, 1.54) is 44.1 Å². The van der Waals surface area contributed by atoms with Gasteiger partial charge in [-0.2, -0.15) is 0 Å². The zero-order valence-electron chi connectivity index (χ0n) is 14.3. The van der Waals surface area contributed by atoms with Gasteiger partial charge >= 0.3 is 0 Å². The first-order valence-electron chi connectivity index (χ1n) is 8.98. The lowest BCUT2D eigenvalue weighted by Crippen LogP contribution is -2.38. The zero-order chi connectivity index (χ0) is 15.9. The predicted molar refractivity (Wildman–Crippen MR) is 102 cm³/mol. The fourth-order valence-electron chi connectivity index (χ4n) is 5.05. The van der Waals surface area contributed by atoms with Gasteiger partial charge in [0.05, 0.1) is 6.33 Å². The largest absolute Gasteiger partial charge is 0.337 e. The molecule has 2 aliphatic rings. The minimum Gasteiger partial charge on any atom is -0.337 e.